The van der Waals surface area contributed by atoms with Crippen molar-refractivity contribution in [1.29, 1.82) is 0 Å². The number of ether oxygens (including phenoxy) is 3. The molecule has 3 atom stereocenters. The van der Waals surface area contributed by atoms with Crippen LogP contribution in [0.2, 0.25) is 0 Å². The molecule has 2 heterocycles. The number of amides is 1. The third-order valence-electron chi connectivity index (χ3n) is 4.45. The molecule has 0 aromatic heterocycles. The van der Waals surface area contributed by atoms with E-state index < -0.39 is 6.10 Å². The molecular formula is C18H25NO4. The molecule has 1 fully saturated rings. The number of rotatable bonds is 5. The average molecular weight is 319 g/mol. The minimum atomic E-state index is -0.476. The Balaban J connectivity index is 1.50. The lowest BCUT2D eigenvalue weighted by atomic mass is 10.0. The zero-order valence-corrected chi connectivity index (χ0v) is 13.6. The molecule has 5 heteroatoms. The lowest BCUT2D eigenvalue weighted by Gasteiger charge is -2.28. The van der Waals surface area contributed by atoms with Crippen molar-refractivity contribution in [2.45, 2.75) is 50.9 Å². The summed E-state index contributed by atoms with van der Waals surface area (Å²) in [5, 5.41) is 3.08. The number of fused-ring (bicyclic) bond motifs is 1. The van der Waals surface area contributed by atoms with Crippen molar-refractivity contribution in [3.63, 3.8) is 0 Å². The van der Waals surface area contributed by atoms with Crippen LogP contribution in [0.15, 0.2) is 24.3 Å². The Hall–Kier alpha value is -1.59. The van der Waals surface area contributed by atoms with Gasteiger partial charge in [0.05, 0.1) is 25.4 Å². The van der Waals surface area contributed by atoms with E-state index >= 15 is 0 Å². The van der Waals surface area contributed by atoms with Crippen molar-refractivity contribution in [1.82, 2.24) is 5.32 Å². The van der Waals surface area contributed by atoms with Crippen LogP contribution in [0, 0.1) is 0 Å². The number of hydrogen-bond donors (Lipinski definition) is 1. The molecule has 126 valence electrons. The highest BCUT2D eigenvalue weighted by Gasteiger charge is 2.25. The summed E-state index contributed by atoms with van der Waals surface area (Å²) in [5.41, 5.74) is 1.04. The number of hydrogen-bond acceptors (Lipinski definition) is 4. The second-order valence-electron chi connectivity index (χ2n) is 6.20. The van der Waals surface area contributed by atoms with E-state index in [1.165, 1.54) is 6.42 Å². The molecule has 1 aromatic rings. The topological polar surface area (TPSA) is 56.8 Å². The molecule has 0 aliphatic carbocycles. The Morgan fingerprint density at radius 2 is 2.17 bits per heavy atom. The van der Waals surface area contributed by atoms with Gasteiger partial charge in [-0.2, -0.15) is 0 Å². The molecule has 1 N–H and O–H groups in total. The Morgan fingerprint density at radius 1 is 1.30 bits per heavy atom. The van der Waals surface area contributed by atoms with E-state index in [0.29, 0.717) is 13.2 Å². The van der Waals surface area contributed by atoms with Crippen LogP contribution >= 0.6 is 0 Å². The van der Waals surface area contributed by atoms with Crippen LogP contribution in [0.25, 0.3) is 0 Å². The Labute approximate surface area is 137 Å². The second-order valence-corrected chi connectivity index (χ2v) is 6.20. The van der Waals surface area contributed by atoms with Crippen molar-refractivity contribution < 1.29 is 19.0 Å². The highest BCUT2D eigenvalue weighted by Crippen LogP contribution is 2.31. The molecule has 1 amide bonds. The lowest BCUT2D eigenvalue weighted by Crippen LogP contribution is -2.40. The van der Waals surface area contributed by atoms with Gasteiger partial charge >= 0.3 is 0 Å². The predicted molar refractivity (Wildman–Crippen MR) is 86.4 cm³/mol. The molecule has 1 saturated heterocycles. The zero-order valence-electron chi connectivity index (χ0n) is 13.6. The van der Waals surface area contributed by atoms with Crippen LogP contribution in [0.4, 0.5) is 0 Å². The number of carbonyl (C=O) groups is 1. The summed E-state index contributed by atoms with van der Waals surface area (Å²) in [6.07, 6.45) is 3.74. The van der Waals surface area contributed by atoms with Crippen LogP contribution in [0.5, 0.6) is 5.75 Å². The van der Waals surface area contributed by atoms with E-state index in [-0.39, 0.29) is 18.1 Å². The first kappa shape index (κ1) is 16.3. The SMILES string of the molecule is C[C@H](OC[C@@H]1CCCCO1)C(=O)N[C@@H]1CCOc2ccccc21. The van der Waals surface area contributed by atoms with Crippen molar-refractivity contribution in [2.75, 3.05) is 19.8 Å². The molecule has 0 unspecified atom stereocenters. The largest absolute Gasteiger partial charge is 0.493 e. The summed E-state index contributed by atoms with van der Waals surface area (Å²) < 4.78 is 17.0. The quantitative estimate of drug-likeness (QED) is 0.906. The smallest absolute Gasteiger partial charge is 0.249 e. The van der Waals surface area contributed by atoms with E-state index in [9.17, 15) is 4.79 Å². The van der Waals surface area contributed by atoms with E-state index in [1.807, 2.05) is 24.3 Å². The Morgan fingerprint density at radius 3 is 3.00 bits per heavy atom. The minimum absolute atomic E-state index is 0.00979. The summed E-state index contributed by atoms with van der Waals surface area (Å²) in [7, 11) is 0. The third kappa shape index (κ3) is 4.24. The molecule has 0 saturated carbocycles. The van der Waals surface area contributed by atoms with Gasteiger partial charge in [0.15, 0.2) is 0 Å². The minimum Gasteiger partial charge on any atom is -0.493 e. The molecule has 3 rings (SSSR count). The van der Waals surface area contributed by atoms with Crippen molar-refractivity contribution in [3.05, 3.63) is 29.8 Å². The fraction of sp³-hybridized carbons (Fsp3) is 0.611. The first-order chi connectivity index (χ1) is 11.2. The van der Waals surface area contributed by atoms with E-state index in [0.717, 1.165) is 37.2 Å². The molecule has 2 aliphatic rings. The third-order valence-corrected chi connectivity index (χ3v) is 4.45. The van der Waals surface area contributed by atoms with Gasteiger partial charge < -0.3 is 19.5 Å². The van der Waals surface area contributed by atoms with Gasteiger partial charge in [-0.25, -0.2) is 0 Å². The molecule has 0 spiro atoms. The first-order valence-corrected chi connectivity index (χ1v) is 8.49. The first-order valence-electron chi connectivity index (χ1n) is 8.49. The molecule has 0 radical (unpaired) electrons. The van der Waals surface area contributed by atoms with Gasteiger partial charge in [-0.15, -0.1) is 0 Å². The molecule has 1 aromatic carbocycles. The number of carbonyl (C=O) groups excluding carboxylic acids is 1. The van der Waals surface area contributed by atoms with Crippen molar-refractivity contribution in [3.8, 4) is 5.75 Å². The maximum Gasteiger partial charge on any atom is 0.249 e. The number of para-hydroxylation sites is 1. The molecule has 0 bridgehead atoms. The van der Waals surface area contributed by atoms with Crippen LogP contribution in [0.1, 0.15) is 44.2 Å². The summed E-state index contributed by atoms with van der Waals surface area (Å²) in [5.74, 6) is 0.774. The summed E-state index contributed by atoms with van der Waals surface area (Å²) in [4.78, 5) is 12.4. The Kier molecular flexibility index (Phi) is 5.51. The van der Waals surface area contributed by atoms with Gasteiger partial charge in [-0.05, 0) is 32.3 Å². The normalized spacial score (nSPS) is 25.1. The molecule has 5 nitrogen and oxygen atoms in total. The zero-order chi connectivity index (χ0) is 16.1. The van der Waals surface area contributed by atoms with Gasteiger partial charge in [0, 0.05) is 18.6 Å². The second kappa shape index (κ2) is 7.79. The summed E-state index contributed by atoms with van der Waals surface area (Å²) in [6.45, 7) is 3.70. The summed E-state index contributed by atoms with van der Waals surface area (Å²) >= 11 is 0. The number of nitrogens with one attached hydrogen (secondary N) is 1. The van der Waals surface area contributed by atoms with Crippen molar-refractivity contribution in [2.24, 2.45) is 0 Å². The van der Waals surface area contributed by atoms with Gasteiger partial charge in [-0.3, -0.25) is 4.79 Å². The maximum atomic E-state index is 12.4. The molecule has 23 heavy (non-hydrogen) atoms. The summed E-state index contributed by atoms with van der Waals surface area (Å²) in [6, 6.07) is 7.84. The highest BCUT2D eigenvalue weighted by atomic mass is 16.5. The molecule has 2 aliphatic heterocycles. The predicted octanol–water partition coefficient (Wildman–Crippen LogP) is 2.60. The van der Waals surface area contributed by atoms with Crippen LogP contribution in [0.3, 0.4) is 0 Å². The van der Waals surface area contributed by atoms with Crippen LogP contribution < -0.4 is 10.1 Å². The van der Waals surface area contributed by atoms with E-state index in [4.69, 9.17) is 14.2 Å². The Bertz CT molecular complexity index is 528. The van der Waals surface area contributed by atoms with E-state index in [1.54, 1.807) is 6.92 Å². The maximum absolute atomic E-state index is 12.4. The van der Waals surface area contributed by atoms with Crippen LogP contribution in [-0.2, 0) is 14.3 Å². The fourth-order valence-electron chi connectivity index (χ4n) is 3.05. The monoisotopic (exact) mass is 319 g/mol. The van der Waals surface area contributed by atoms with Gasteiger partial charge in [-0.1, -0.05) is 18.2 Å². The lowest BCUT2D eigenvalue weighted by molar-refractivity contribution is -0.136. The molecular weight excluding hydrogens is 294 g/mol. The van der Waals surface area contributed by atoms with Crippen LogP contribution in [-0.4, -0.2) is 37.9 Å². The highest BCUT2D eigenvalue weighted by molar-refractivity contribution is 5.81. The van der Waals surface area contributed by atoms with Gasteiger partial charge in [0.1, 0.15) is 11.9 Å². The fourth-order valence-corrected chi connectivity index (χ4v) is 3.05. The van der Waals surface area contributed by atoms with Gasteiger partial charge in [0.2, 0.25) is 5.91 Å². The van der Waals surface area contributed by atoms with Crippen molar-refractivity contribution >= 4 is 5.91 Å². The number of benzene rings is 1. The standard InChI is InChI=1S/C18H25NO4/c1-13(23-12-14-6-4-5-10-21-14)18(20)19-16-9-11-22-17-8-3-2-7-15(16)17/h2-3,7-8,13-14,16H,4-6,9-12H2,1H3,(H,19,20)/t13-,14-,16+/m0/s1. The van der Waals surface area contributed by atoms with Gasteiger partial charge in [0.25, 0.3) is 0 Å². The average Bonchev–Trinajstić information content (AvgIpc) is 2.61. The van der Waals surface area contributed by atoms with E-state index in [2.05, 4.69) is 5.32 Å².